The van der Waals surface area contributed by atoms with Gasteiger partial charge in [0.1, 0.15) is 0 Å². The minimum absolute atomic E-state index is 0.461. The van der Waals surface area contributed by atoms with E-state index in [9.17, 15) is 0 Å². The molecule has 1 rings (SSSR count). The highest BCUT2D eigenvalue weighted by Crippen LogP contribution is 2.29. The van der Waals surface area contributed by atoms with Gasteiger partial charge in [-0.05, 0) is 37.3 Å². The van der Waals surface area contributed by atoms with Crippen LogP contribution in [0.2, 0.25) is 0 Å². The summed E-state index contributed by atoms with van der Waals surface area (Å²) < 4.78 is 0. The second kappa shape index (κ2) is 5.13. The summed E-state index contributed by atoms with van der Waals surface area (Å²) in [5, 5.41) is 7.17. The molecule has 0 radical (unpaired) electrons. The molecule has 14 heavy (non-hydrogen) atoms. The fourth-order valence-corrected chi connectivity index (χ4v) is 2.14. The van der Waals surface area contributed by atoms with Crippen molar-refractivity contribution in [3.63, 3.8) is 0 Å². The number of rotatable bonds is 4. The van der Waals surface area contributed by atoms with E-state index < -0.39 is 0 Å². The highest BCUT2D eigenvalue weighted by Gasteiger charge is 2.31. The second-order valence-corrected chi connectivity index (χ2v) is 5.65. The van der Waals surface area contributed by atoms with Gasteiger partial charge >= 0.3 is 0 Å². The lowest BCUT2D eigenvalue weighted by atomic mass is 9.77. The van der Waals surface area contributed by atoms with Crippen LogP contribution in [0.15, 0.2) is 0 Å². The fraction of sp³-hybridized carbons (Fsp3) is 1.00. The van der Waals surface area contributed by atoms with Gasteiger partial charge in [0.2, 0.25) is 0 Å². The molecule has 1 atom stereocenters. The molecule has 0 aliphatic carbocycles. The molecule has 1 aliphatic heterocycles. The van der Waals surface area contributed by atoms with Crippen molar-refractivity contribution in [2.24, 2.45) is 11.3 Å². The van der Waals surface area contributed by atoms with Crippen LogP contribution in [0.4, 0.5) is 0 Å². The third-order valence-corrected chi connectivity index (χ3v) is 3.23. The van der Waals surface area contributed by atoms with E-state index in [2.05, 4.69) is 38.3 Å². The summed E-state index contributed by atoms with van der Waals surface area (Å²) in [7, 11) is 0. The molecule has 0 aromatic heterocycles. The third-order valence-electron chi connectivity index (χ3n) is 3.23. The van der Waals surface area contributed by atoms with Gasteiger partial charge in [-0.1, -0.05) is 27.7 Å². The van der Waals surface area contributed by atoms with E-state index >= 15 is 0 Å². The molecular weight excluding hydrogens is 172 g/mol. The normalized spacial score (nSPS) is 26.8. The van der Waals surface area contributed by atoms with Crippen molar-refractivity contribution in [1.82, 2.24) is 10.6 Å². The Morgan fingerprint density at radius 3 is 2.71 bits per heavy atom. The SMILES string of the molecule is CC(C)CNCC1NCCCC1(C)C. The Bertz CT molecular complexity index is 164. The van der Waals surface area contributed by atoms with Crippen LogP contribution in [0.5, 0.6) is 0 Å². The molecule has 1 heterocycles. The Kier molecular flexibility index (Phi) is 4.39. The van der Waals surface area contributed by atoms with E-state index in [4.69, 9.17) is 0 Å². The molecule has 0 saturated carbocycles. The van der Waals surface area contributed by atoms with Crippen LogP contribution < -0.4 is 10.6 Å². The average Bonchev–Trinajstić information content (AvgIpc) is 2.07. The zero-order valence-corrected chi connectivity index (χ0v) is 10.2. The van der Waals surface area contributed by atoms with Crippen LogP contribution >= 0.6 is 0 Å². The van der Waals surface area contributed by atoms with Gasteiger partial charge in [0.15, 0.2) is 0 Å². The molecule has 0 aromatic carbocycles. The maximum Gasteiger partial charge on any atom is 0.0243 e. The van der Waals surface area contributed by atoms with E-state index in [-0.39, 0.29) is 0 Å². The molecule has 2 heteroatoms. The van der Waals surface area contributed by atoms with Gasteiger partial charge < -0.3 is 10.6 Å². The van der Waals surface area contributed by atoms with E-state index in [0.29, 0.717) is 11.5 Å². The fourth-order valence-electron chi connectivity index (χ4n) is 2.14. The molecular formula is C12H26N2. The van der Waals surface area contributed by atoms with Crippen LogP contribution in [0, 0.1) is 11.3 Å². The quantitative estimate of drug-likeness (QED) is 0.722. The predicted octanol–water partition coefficient (Wildman–Crippen LogP) is 2.01. The summed E-state index contributed by atoms with van der Waals surface area (Å²) in [5.41, 5.74) is 0.461. The van der Waals surface area contributed by atoms with Crippen molar-refractivity contribution in [3.8, 4) is 0 Å². The van der Waals surface area contributed by atoms with Crippen LogP contribution in [0.3, 0.4) is 0 Å². The summed E-state index contributed by atoms with van der Waals surface area (Å²) in [6.45, 7) is 12.7. The Labute approximate surface area is 88.8 Å². The molecule has 1 unspecified atom stereocenters. The lowest BCUT2D eigenvalue weighted by Gasteiger charge is -2.39. The van der Waals surface area contributed by atoms with E-state index in [1.54, 1.807) is 0 Å². The number of piperidine rings is 1. The van der Waals surface area contributed by atoms with E-state index in [0.717, 1.165) is 19.0 Å². The first kappa shape index (κ1) is 12.0. The van der Waals surface area contributed by atoms with Gasteiger partial charge in [0, 0.05) is 12.6 Å². The number of nitrogens with one attached hydrogen (secondary N) is 2. The Hall–Kier alpha value is -0.0800. The minimum atomic E-state index is 0.461. The number of hydrogen-bond acceptors (Lipinski definition) is 2. The van der Waals surface area contributed by atoms with Crippen LogP contribution in [0.25, 0.3) is 0 Å². The first-order valence-electron chi connectivity index (χ1n) is 5.96. The molecule has 1 saturated heterocycles. The van der Waals surface area contributed by atoms with Gasteiger partial charge in [-0.2, -0.15) is 0 Å². The standard InChI is InChI=1S/C12H26N2/c1-10(2)8-13-9-11-12(3,4)6-5-7-14-11/h10-11,13-14H,5-9H2,1-4H3. The molecule has 0 spiro atoms. The lowest BCUT2D eigenvalue weighted by Crippen LogP contribution is -2.52. The molecule has 0 aromatic rings. The summed E-state index contributed by atoms with van der Waals surface area (Å²) in [4.78, 5) is 0. The lowest BCUT2D eigenvalue weighted by molar-refractivity contribution is 0.175. The second-order valence-electron chi connectivity index (χ2n) is 5.65. The van der Waals surface area contributed by atoms with Crippen molar-refractivity contribution in [2.45, 2.75) is 46.6 Å². The zero-order chi connectivity index (χ0) is 10.6. The third kappa shape index (κ3) is 3.58. The first-order valence-corrected chi connectivity index (χ1v) is 5.96. The monoisotopic (exact) mass is 198 g/mol. The largest absolute Gasteiger partial charge is 0.315 e. The Morgan fingerprint density at radius 1 is 1.43 bits per heavy atom. The molecule has 2 N–H and O–H groups in total. The summed E-state index contributed by atoms with van der Waals surface area (Å²) >= 11 is 0. The topological polar surface area (TPSA) is 24.1 Å². The van der Waals surface area contributed by atoms with Gasteiger partial charge in [0.25, 0.3) is 0 Å². The molecule has 1 fully saturated rings. The minimum Gasteiger partial charge on any atom is -0.315 e. The highest BCUT2D eigenvalue weighted by atomic mass is 15.0. The highest BCUT2D eigenvalue weighted by molar-refractivity contribution is 4.89. The Balaban J connectivity index is 2.27. The van der Waals surface area contributed by atoms with Gasteiger partial charge in [-0.25, -0.2) is 0 Å². The molecule has 0 bridgehead atoms. The summed E-state index contributed by atoms with van der Waals surface area (Å²) in [6, 6.07) is 0.648. The summed E-state index contributed by atoms with van der Waals surface area (Å²) in [6.07, 6.45) is 2.68. The van der Waals surface area contributed by atoms with Crippen molar-refractivity contribution in [1.29, 1.82) is 0 Å². The van der Waals surface area contributed by atoms with Crippen molar-refractivity contribution in [3.05, 3.63) is 0 Å². The average molecular weight is 198 g/mol. The van der Waals surface area contributed by atoms with Crippen LogP contribution in [-0.2, 0) is 0 Å². The molecule has 1 aliphatic rings. The maximum absolute atomic E-state index is 3.62. The predicted molar refractivity (Wildman–Crippen MR) is 62.5 cm³/mol. The Morgan fingerprint density at radius 2 is 2.14 bits per heavy atom. The van der Waals surface area contributed by atoms with Gasteiger partial charge in [0.05, 0.1) is 0 Å². The summed E-state index contributed by atoms with van der Waals surface area (Å²) in [5.74, 6) is 0.752. The smallest absolute Gasteiger partial charge is 0.0243 e. The number of hydrogen-bond donors (Lipinski definition) is 2. The van der Waals surface area contributed by atoms with Crippen molar-refractivity contribution >= 4 is 0 Å². The maximum atomic E-state index is 3.62. The van der Waals surface area contributed by atoms with E-state index in [1.165, 1.54) is 19.4 Å². The molecule has 0 amide bonds. The van der Waals surface area contributed by atoms with Gasteiger partial charge in [-0.3, -0.25) is 0 Å². The molecule has 84 valence electrons. The van der Waals surface area contributed by atoms with Crippen molar-refractivity contribution < 1.29 is 0 Å². The molecule has 2 nitrogen and oxygen atoms in total. The van der Waals surface area contributed by atoms with Crippen molar-refractivity contribution in [2.75, 3.05) is 19.6 Å². The zero-order valence-electron chi connectivity index (χ0n) is 10.2. The van der Waals surface area contributed by atoms with Gasteiger partial charge in [-0.15, -0.1) is 0 Å². The first-order chi connectivity index (χ1) is 6.52. The van der Waals surface area contributed by atoms with Crippen LogP contribution in [-0.4, -0.2) is 25.7 Å². The van der Waals surface area contributed by atoms with Crippen LogP contribution in [0.1, 0.15) is 40.5 Å². The van der Waals surface area contributed by atoms with E-state index in [1.807, 2.05) is 0 Å².